The lowest BCUT2D eigenvalue weighted by molar-refractivity contribution is 0.0692. The van der Waals surface area contributed by atoms with E-state index in [2.05, 4.69) is 10.3 Å². The predicted molar refractivity (Wildman–Crippen MR) is 91.3 cm³/mol. The van der Waals surface area contributed by atoms with Crippen molar-refractivity contribution in [2.24, 2.45) is 0 Å². The van der Waals surface area contributed by atoms with Gasteiger partial charge in [0, 0.05) is 24.1 Å². The molecule has 0 bridgehead atoms. The van der Waals surface area contributed by atoms with Crippen molar-refractivity contribution in [1.82, 2.24) is 15.2 Å². The van der Waals surface area contributed by atoms with Crippen LogP contribution >= 0.6 is 0 Å². The van der Waals surface area contributed by atoms with E-state index in [9.17, 15) is 4.79 Å². The van der Waals surface area contributed by atoms with Crippen molar-refractivity contribution in [3.05, 3.63) is 34.5 Å². The molecule has 1 amide bonds. The van der Waals surface area contributed by atoms with E-state index >= 15 is 0 Å². The highest BCUT2D eigenvalue weighted by atomic mass is 16.5. The molecule has 25 heavy (non-hydrogen) atoms. The molecule has 6 heteroatoms. The maximum absolute atomic E-state index is 13.0. The standard InChI is InChI=1S/C19H25N3O3/c1-12-18(13(2)24-20-12)16-9-6-10-22(16)19(23)17-11-15(21-25-17)14-7-4-3-5-8-14/h11,14,16H,3-10H2,1-2H3/t16-/m0/s1. The summed E-state index contributed by atoms with van der Waals surface area (Å²) in [5, 5.41) is 8.25. The zero-order chi connectivity index (χ0) is 17.4. The molecule has 3 heterocycles. The number of nitrogens with zero attached hydrogens (tertiary/aromatic N) is 3. The Hall–Kier alpha value is -2.11. The van der Waals surface area contributed by atoms with Crippen LogP contribution in [0.25, 0.3) is 0 Å². The quantitative estimate of drug-likeness (QED) is 0.830. The van der Waals surface area contributed by atoms with Crippen LogP contribution in [0.15, 0.2) is 15.1 Å². The maximum atomic E-state index is 13.0. The molecule has 2 aliphatic rings. The molecule has 6 nitrogen and oxygen atoms in total. The number of aromatic nitrogens is 2. The molecule has 1 aliphatic carbocycles. The van der Waals surface area contributed by atoms with E-state index in [1.807, 2.05) is 24.8 Å². The van der Waals surface area contributed by atoms with Gasteiger partial charge in [-0.2, -0.15) is 0 Å². The number of hydrogen-bond acceptors (Lipinski definition) is 5. The summed E-state index contributed by atoms with van der Waals surface area (Å²) in [5.41, 5.74) is 2.84. The van der Waals surface area contributed by atoms with Gasteiger partial charge in [-0.15, -0.1) is 0 Å². The summed E-state index contributed by atoms with van der Waals surface area (Å²) in [6.45, 7) is 4.57. The van der Waals surface area contributed by atoms with Crippen molar-refractivity contribution in [1.29, 1.82) is 0 Å². The van der Waals surface area contributed by atoms with Gasteiger partial charge < -0.3 is 13.9 Å². The van der Waals surface area contributed by atoms with Gasteiger partial charge in [-0.3, -0.25) is 4.79 Å². The Morgan fingerprint density at radius 1 is 1.08 bits per heavy atom. The molecular weight excluding hydrogens is 318 g/mol. The lowest BCUT2D eigenvalue weighted by Gasteiger charge is -2.23. The van der Waals surface area contributed by atoms with Crippen LogP contribution < -0.4 is 0 Å². The van der Waals surface area contributed by atoms with Crippen LogP contribution in [0.1, 0.15) is 90.2 Å². The first kappa shape index (κ1) is 16.4. The topological polar surface area (TPSA) is 72.4 Å². The van der Waals surface area contributed by atoms with Crippen LogP contribution in [0.4, 0.5) is 0 Å². The third kappa shape index (κ3) is 2.98. The number of aryl methyl sites for hydroxylation is 2. The van der Waals surface area contributed by atoms with Gasteiger partial charge in [0.1, 0.15) is 5.76 Å². The molecule has 0 unspecified atom stereocenters. The number of hydrogen-bond donors (Lipinski definition) is 0. The first-order valence-electron chi connectivity index (χ1n) is 9.35. The summed E-state index contributed by atoms with van der Waals surface area (Å²) < 4.78 is 10.7. The Labute approximate surface area is 147 Å². The van der Waals surface area contributed by atoms with E-state index < -0.39 is 0 Å². The molecule has 2 aromatic rings. The zero-order valence-corrected chi connectivity index (χ0v) is 15.0. The van der Waals surface area contributed by atoms with Crippen molar-refractivity contribution >= 4 is 5.91 Å². The number of likely N-dealkylation sites (tertiary alicyclic amines) is 1. The van der Waals surface area contributed by atoms with Gasteiger partial charge in [0.25, 0.3) is 5.91 Å². The fourth-order valence-electron chi connectivity index (χ4n) is 4.40. The lowest BCUT2D eigenvalue weighted by atomic mass is 9.87. The van der Waals surface area contributed by atoms with Gasteiger partial charge in [-0.05, 0) is 39.5 Å². The maximum Gasteiger partial charge on any atom is 0.292 e. The number of carbonyl (C=O) groups is 1. The van der Waals surface area contributed by atoms with E-state index in [4.69, 9.17) is 9.05 Å². The van der Waals surface area contributed by atoms with E-state index in [0.717, 1.165) is 54.9 Å². The normalized spacial score (nSPS) is 21.8. The van der Waals surface area contributed by atoms with E-state index in [1.54, 1.807) is 0 Å². The summed E-state index contributed by atoms with van der Waals surface area (Å²) in [6, 6.07) is 1.88. The van der Waals surface area contributed by atoms with Gasteiger partial charge in [-0.1, -0.05) is 29.6 Å². The Morgan fingerprint density at radius 2 is 1.88 bits per heavy atom. The lowest BCUT2D eigenvalue weighted by Crippen LogP contribution is -2.30. The van der Waals surface area contributed by atoms with Crippen molar-refractivity contribution in [3.63, 3.8) is 0 Å². The average molecular weight is 343 g/mol. The highest BCUT2D eigenvalue weighted by Gasteiger charge is 2.36. The number of carbonyl (C=O) groups excluding carboxylic acids is 1. The van der Waals surface area contributed by atoms with Gasteiger partial charge in [-0.25, -0.2) is 0 Å². The molecule has 1 aliphatic heterocycles. The highest BCUT2D eigenvalue weighted by molar-refractivity contribution is 5.92. The van der Waals surface area contributed by atoms with E-state index in [1.165, 1.54) is 19.3 Å². The summed E-state index contributed by atoms with van der Waals surface area (Å²) in [4.78, 5) is 14.9. The van der Waals surface area contributed by atoms with Crippen LogP contribution in [0, 0.1) is 13.8 Å². The largest absolute Gasteiger partial charge is 0.361 e. The number of rotatable bonds is 3. The van der Waals surface area contributed by atoms with Crippen molar-refractivity contribution < 1.29 is 13.8 Å². The van der Waals surface area contributed by atoms with Crippen LogP contribution in [-0.2, 0) is 0 Å². The second-order valence-electron chi connectivity index (χ2n) is 7.35. The molecular formula is C19H25N3O3. The molecule has 0 radical (unpaired) electrons. The van der Waals surface area contributed by atoms with E-state index in [-0.39, 0.29) is 11.9 Å². The first-order chi connectivity index (χ1) is 12.1. The van der Waals surface area contributed by atoms with Crippen molar-refractivity contribution in [2.75, 3.05) is 6.54 Å². The highest BCUT2D eigenvalue weighted by Crippen LogP contribution is 2.37. The zero-order valence-electron chi connectivity index (χ0n) is 15.0. The smallest absolute Gasteiger partial charge is 0.292 e. The van der Waals surface area contributed by atoms with Crippen LogP contribution in [0.2, 0.25) is 0 Å². The Morgan fingerprint density at radius 3 is 2.60 bits per heavy atom. The summed E-state index contributed by atoms with van der Waals surface area (Å²) >= 11 is 0. The number of amides is 1. The summed E-state index contributed by atoms with van der Waals surface area (Å²) in [7, 11) is 0. The van der Waals surface area contributed by atoms with Gasteiger partial charge in [0.2, 0.25) is 5.76 Å². The second-order valence-corrected chi connectivity index (χ2v) is 7.35. The van der Waals surface area contributed by atoms with Crippen molar-refractivity contribution in [2.45, 2.75) is 70.8 Å². The third-order valence-electron chi connectivity index (χ3n) is 5.70. The SMILES string of the molecule is Cc1noc(C)c1[C@@H]1CCCN1C(=O)c1cc(C2CCCCC2)no1. The summed E-state index contributed by atoms with van der Waals surface area (Å²) in [5.74, 6) is 1.52. The minimum atomic E-state index is -0.0722. The fourth-order valence-corrected chi connectivity index (χ4v) is 4.40. The monoisotopic (exact) mass is 343 g/mol. The average Bonchev–Trinajstić information content (AvgIpc) is 3.35. The fraction of sp³-hybridized carbons (Fsp3) is 0.632. The van der Waals surface area contributed by atoms with Gasteiger partial charge in [0.15, 0.2) is 0 Å². The molecule has 0 aromatic carbocycles. The van der Waals surface area contributed by atoms with Gasteiger partial charge in [0.05, 0.1) is 17.4 Å². The first-order valence-corrected chi connectivity index (χ1v) is 9.35. The Kier molecular flexibility index (Phi) is 4.36. The Balaban J connectivity index is 1.55. The predicted octanol–water partition coefficient (Wildman–Crippen LogP) is 4.30. The molecule has 2 fully saturated rings. The van der Waals surface area contributed by atoms with Gasteiger partial charge >= 0.3 is 0 Å². The van der Waals surface area contributed by atoms with Crippen LogP contribution in [0.3, 0.4) is 0 Å². The molecule has 1 saturated carbocycles. The minimum Gasteiger partial charge on any atom is -0.361 e. The Bertz CT molecular complexity index is 738. The summed E-state index contributed by atoms with van der Waals surface area (Å²) in [6.07, 6.45) is 7.97. The van der Waals surface area contributed by atoms with Crippen LogP contribution in [-0.4, -0.2) is 27.7 Å². The van der Waals surface area contributed by atoms with E-state index in [0.29, 0.717) is 11.7 Å². The molecule has 2 aromatic heterocycles. The van der Waals surface area contributed by atoms with Crippen LogP contribution in [0.5, 0.6) is 0 Å². The molecule has 134 valence electrons. The molecule has 0 spiro atoms. The second kappa shape index (κ2) is 6.65. The molecule has 1 saturated heterocycles. The molecule has 1 atom stereocenters. The minimum absolute atomic E-state index is 0.0157. The molecule has 4 rings (SSSR count). The van der Waals surface area contributed by atoms with Crippen molar-refractivity contribution in [3.8, 4) is 0 Å². The third-order valence-corrected chi connectivity index (χ3v) is 5.70. The molecule has 0 N–H and O–H groups in total.